The van der Waals surface area contributed by atoms with E-state index in [4.69, 9.17) is 4.74 Å². The molecule has 2 aliphatic heterocycles. The van der Waals surface area contributed by atoms with E-state index in [0.717, 1.165) is 51.3 Å². The zero-order valence-corrected chi connectivity index (χ0v) is 14.2. The van der Waals surface area contributed by atoms with Gasteiger partial charge in [0.15, 0.2) is 0 Å². The van der Waals surface area contributed by atoms with Crippen molar-refractivity contribution in [1.82, 2.24) is 14.7 Å². The number of piperazine rings is 1. The Morgan fingerprint density at radius 1 is 1.13 bits per heavy atom. The summed E-state index contributed by atoms with van der Waals surface area (Å²) >= 11 is 0. The predicted octanol–water partition coefficient (Wildman–Crippen LogP) is 1.61. The van der Waals surface area contributed by atoms with Gasteiger partial charge < -0.3 is 9.64 Å². The van der Waals surface area contributed by atoms with Gasteiger partial charge in [0, 0.05) is 38.8 Å². The van der Waals surface area contributed by atoms with Gasteiger partial charge in [-0.05, 0) is 37.6 Å². The Kier molecular flexibility index (Phi) is 5.18. The first-order valence-corrected chi connectivity index (χ1v) is 8.51. The van der Waals surface area contributed by atoms with Gasteiger partial charge >= 0.3 is 0 Å². The molecule has 0 N–H and O–H groups in total. The first kappa shape index (κ1) is 16.3. The molecule has 2 fully saturated rings. The molecule has 0 aromatic heterocycles. The second-order valence-corrected chi connectivity index (χ2v) is 6.59. The molecule has 0 unspecified atom stereocenters. The molecule has 2 aliphatic rings. The third kappa shape index (κ3) is 3.85. The molecule has 0 radical (unpaired) electrons. The molecule has 0 spiro atoms. The van der Waals surface area contributed by atoms with E-state index in [0.29, 0.717) is 18.5 Å². The van der Waals surface area contributed by atoms with Crippen LogP contribution in [0.5, 0.6) is 5.75 Å². The predicted molar refractivity (Wildman–Crippen MR) is 90.6 cm³/mol. The molecule has 2 heterocycles. The lowest BCUT2D eigenvalue weighted by molar-refractivity contribution is -0.132. The number of ether oxygens (including phenoxy) is 1. The van der Waals surface area contributed by atoms with Crippen LogP contribution in [-0.4, -0.2) is 74.0 Å². The Bertz CT molecular complexity index is 526. The highest BCUT2D eigenvalue weighted by molar-refractivity contribution is 5.78. The van der Waals surface area contributed by atoms with Crippen LogP contribution in [0.3, 0.4) is 0 Å². The molecule has 1 atom stereocenters. The van der Waals surface area contributed by atoms with Crippen molar-refractivity contribution in [2.24, 2.45) is 0 Å². The summed E-state index contributed by atoms with van der Waals surface area (Å²) in [4.78, 5) is 19.1. The van der Waals surface area contributed by atoms with Gasteiger partial charge in [-0.15, -0.1) is 0 Å². The molecular formula is C18H27N3O2. The van der Waals surface area contributed by atoms with Gasteiger partial charge in [-0.25, -0.2) is 0 Å². The Morgan fingerprint density at radius 3 is 2.48 bits per heavy atom. The van der Waals surface area contributed by atoms with Crippen molar-refractivity contribution in [2.75, 3.05) is 53.4 Å². The third-order valence-electron chi connectivity index (χ3n) is 5.05. The van der Waals surface area contributed by atoms with Crippen molar-refractivity contribution in [1.29, 1.82) is 0 Å². The van der Waals surface area contributed by atoms with Gasteiger partial charge in [0.1, 0.15) is 5.75 Å². The average Bonchev–Trinajstić information content (AvgIpc) is 3.11. The van der Waals surface area contributed by atoms with E-state index in [1.807, 2.05) is 17.0 Å². The second-order valence-electron chi connectivity index (χ2n) is 6.59. The van der Waals surface area contributed by atoms with Gasteiger partial charge in [0.05, 0.1) is 13.7 Å². The van der Waals surface area contributed by atoms with Crippen LogP contribution in [-0.2, 0) is 4.79 Å². The quantitative estimate of drug-likeness (QED) is 0.845. The normalized spacial score (nSPS) is 23.2. The number of benzene rings is 1. The van der Waals surface area contributed by atoms with Gasteiger partial charge in [0.25, 0.3) is 0 Å². The minimum atomic E-state index is 0.292. The number of carbonyl (C=O) groups excluding carboxylic acids is 1. The fourth-order valence-corrected chi connectivity index (χ4v) is 3.52. The molecule has 0 saturated carbocycles. The van der Waals surface area contributed by atoms with Crippen LogP contribution in [0.15, 0.2) is 24.3 Å². The summed E-state index contributed by atoms with van der Waals surface area (Å²) in [5, 5.41) is 0. The fraction of sp³-hybridized carbons (Fsp3) is 0.611. The molecule has 1 aromatic rings. The number of carbonyl (C=O) groups is 1. The Hall–Kier alpha value is -1.59. The van der Waals surface area contributed by atoms with Gasteiger partial charge in [-0.3, -0.25) is 14.6 Å². The molecule has 1 aromatic carbocycles. The fourth-order valence-electron chi connectivity index (χ4n) is 3.52. The zero-order chi connectivity index (χ0) is 16.2. The number of hydrogen-bond donors (Lipinski definition) is 0. The van der Waals surface area contributed by atoms with E-state index in [-0.39, 0.29) is 0 Å². The van der Waals surface area contributed by atoms with E-state index in [2.05, 4.69) is 29.0 Å². The lowest BCUT2D eigenvalue weighted by Gasteiger charge is -2.39. The number of amides is 1. The lowest BCUT2D eigenvalue weighted by atomic mass is 10.0. The molecule has 126 valence electrons. The smallest absolute Gasteiger partial charge is 0.236 e. The molecule has 0 aliphatic carbocycles. The SMILES string of the molecule is COc1ccc([C@H]2CN(CC(=O)N3CCCC3)CCN2C)cc1. The second kappa shape index (κ2) is 7.32. The topological polar surface area (TPSA) is 36.0 Å². The maximum Gasteiger partial charge on any atom is 0.236 e. The van der Waals surface area contributed by atoms with Crippen molar-refractivity contribution in [3.63, 3.8) is 0 Å². The third-order valence-corrected chi connectivity index (χ3v) is 5.05. The maximum absolute atomic E-state index is 12.4. The number of likely N-dealkylation sites (N-methyl/N-ethyl adjacent to an activating group) is 1. The van der Waals surface area contributed by atoms with Crippen LogP contribution in [0.4, 0.5) is 0 Å². The number of hydrogen-bond acceptors (Lipinski definition) is 4. The number of methoxy groups -OCH3 is 1. The first-order valence-electron chi connectivity index (χ1n) is 8.51. The highest BCUT2D eigenvalue weighted by Crippen LogP contribution is 2.25. The average molecular weight is 317 g/mol. The summed E-state index contributed by atoms with van der Waals surface area (Å²) in [5.74, 6) is 1.17. The minimum Gasteiger partial charge on any atom is -0.497 e. The van der Waals surface area contributed by atoms with Crippen LogP contribution < -0.4 is 4.74 Å². The molecule has 23 heavy (non-hydrogen) atoms. The molecular weight excluding hydrogens is 290 g/mol. The van der Waals surface area contributed by atoms with Crippen LogP contribution >= 0.6 is 0 Å². The monoisotopic (exact) mass is 317 g/mol. The Labute approximate surface area is 138 Å². The minimum absolute atomic E-state index is 0.292. The van der Waals surface area contributed by atoms with E-state index in [1.54, 1.807) is 7.11 Å². The zero-order valence-electron chi connectivity index (χ0n) is 14.2. The van der Waals surface area contributed by atoms with E-state index < -0.39 is 0 Å². The summed E-state index contributed by atoms with van der Waals surface area (Å²) in [7, 11) is 3.85. The van der Waals surface area contributed by atoms with Crippen LogP contribution in [0.2, 0.25) is 0 Å². The van der Waals surface area contributed by atoms with Crippen LogP contribution in [0, 0.1) is 0 Å². The van der Waals surface area contributed by atoms with Gasteiger partial charge in [0.2, 0.25) is 5.91 Å². The molecule has 2 saturated heterocycles. The number of likely N-dealkylation sites (tertiary alicyclic amines) is 1. The number of nitrogens with zero attached hydrogens (tertiary/aromatic N) is 3. The lowest BCUT2D eigenvalue weighted by Crippen LogP contribution is -2.50. The summed E-state index contributed by atoms with van der Waals surface area (Å²) in [6, 6.07) is 8.62. The van der Waals surface area contributed by atoms with Crippen LogP contribution in [0.25, 0.3) is 0 Å². The largest absolute Gasteiger partial charge is 0.497 e. The van der Waals surface area contributed by atoms with Crippen molar-refractivity contribution in [2.45, 2.75) is 18.9 Å². The molecule has 5 nitrogen and oxygen atoms in total. The standard InChI is InChI=1S/C18H27N3O2/c1-19-11-12-20(14-18(22)21-9-3-4-10-21)13-17(19)15-5-7-16(23-2)8-6-15/h5-8,17H,3-4,9-14H2,1-2H3/t17-/m1/s1. The van der Waals surface area contributed by atoms with Crippen molar-refractivity contribution < 1.29 is 9.53 Å². The first-order chi connectivity index (χ1) is 11.2. The van der Waals surface area contributed by atoms with E-state index in [9.17, 15) is 4.79 Å². The van der Waals surface area contributed by atoms with Crippen molar-refractivity contribution in [3.05, 3.63) is 29.8 Å². The maximum atomic E-state index is 12.4. The number of rotatable bonds is 4. The summed E-state index contributed by atoms with van der Waals surface area (Å²) < 4.78 is 5.24. The van der Waals surface area contributed by atoms with E-state index in [1.165, 1.54) is 5.56 Å². The van der Waals surface area contributed by atoms with E-state index >= 15 is 0 Å². The highest BCUT2D eigenvalue weighted by Gasteiger charge is 2.28. The Balaban J connectivity index is 1.62. The summed E-state index contributed by atoms with van der Waals surface area (Å²) in [6.07, 6.45) is 2.31. The molecule has 0 bridgehead atoms. The molecule has 1 amide bonds. The molecule has 3 rings (SSSR count). The van der Waals surface area contributed by atoms with Gasteiger partial charge in [-0.2, -0.15) is 0 Å². The van der Waals surface area contributed by atoms with Crippen LogP contribution in [0.1, 0.15) is 24.4 Å². The summed E-state index contributed by atoms with van der Waals surface area (Å²) in [5.41, 5.74) is 1.28. The van der Waals surface area contributed by atoms with Crippen molar-refractivity contribution >= 4 is 5.91 Å². The Morgan fingerprint density at radius 2 is 1.83 bits per heavy atom. The van der Waals surface area contributed by atoms with Crippen molar-refractivity contribution in [3.8, 4) is 5.75 Å². The summed E-state index contributed by atoms with van der Waals surface area (Å²) in [6.45, 7) is 5.29. The molecule has 5 heteroatoms. The van der Waals surface area contributed by atoms with Gasteiger partial charge in [-0.1, -0.05) is 12.1 Å². The highest BCUT2D eigenvalue weighted by atomic mass is 16.5.